The SMILES string of the molecule is COCCN(CCC(=O)NC1CC1)C(=O)c1cc(C)oc1C. The lowest BCUT2D eigenvalue weighted by atomic mass is 10.2. The van der Waals surface area contributed by atoms with Gasteiger partial charge in [0.2, 0.25) is 5.91 Å². The van der Waals surface area contributed by atoms with Crippen LogP contribution in [0.15, 0.2) is 10.5 Å². The molecule has 1 saturated carbocycles. The highest BCUT2D eigenvalue weighted by Gasteiger charge is 2.24. The first-order valence-electron chi connectivity index (χ1n) is 7.66. The van der Waals surface area contributed by atoms with E-state index in [1.807, 2.05) is 6.92 Å². The molecule has 0 spiro atoms. The second-order valence-corrected chi connectivity index (χ2v) is 5.70. The van der Waals surface area contributed by atoms with Crippen LogP contribution in [-0.4, -0.2) is 49.6 Å². The lowest BCUT2D eigenvalue weighted by molar-refractivity contribution is -0.121. The number of nitrogens with one attached hydrogen (secondary N) is 1. The molecule has 0 radical (unpaired) electrons. The number of hydrogen-bond acceptors (Lipinski definition) is 4. The second kappa shape index (κ2) is 7.45. The molecule has 1 aromatic rings. The monoisotopic (exact) mass is 308 g/mol. The molecule has 0 unspecified atom stereocenters. The molecule has 1 aromatic heterocycles. The fraction of sp³-hybridized carbons (Fsp3) is 0.625. The number of hydrogen-bond donors (Lipinski definition) is 1. The van der Waals surface area contributed by atoms with Gasteiger partial charge in [-0.2, -0.15) is 0 Å². The second-order valence-electron chi connectivity index (χ2n) is 5.70. The summed E-state index contributed by atoms with van der Waals surface area (Å²) in [6, 6.07) is 2.08. The van der Waals surface area contributed by atoms with Crippen LogP contribution in [0.2, 0.25) is 0 Å². The maximum absolute atomic E-state index is 12.6. The third-order valence-electron chi connectivity index (χ3n) is 3.68. The molecule has 0 bridgehead atoms. The Morgan fingerprint density at radius 3 is 2.64 bits per heavy atom. The Morgan fingerprint density at radius 1 is 1.36 bits per heavy atom. The summed E-state index contributed by atoms with van der Waals surface area (Å²) in [5, 5.41) is 2.93. The van der Waals surface area contributed by atoms with Gasteiger partial charge in [0.15, 0.2) is 0 Å². The summed E-state index contributed by atoms with van der Waals surface area (Å²) in [5.74, 6) is 1.19. The number of nitrogens with zero attached hydrogens (tertiary/aromatic N) is 1. The number of amides is 2. The van der Waals surface area contributed by atoms with E-state index in [-0.39, 0.29) is 11.8 Å². The lowest BCUT2D eigenvalue weighted by Crippen LogP contribution is -2.37. The number of rotatable bonds is 8. The summed E-state index contributed by atoms with van der Waals surface area (Å²) >= 11 is 0. The predicted molar refractivity (Wildman–Crippen MR) is 81.7 cm³/mol. The molecule has 1 aliphatic carbocycles. The van der Waals surface area contributed by atoms with Crippen molar-refractivity contribution >= 4 is 11.8 Å². The molecule has 6 heteroatoms. The van der Waals surface area contributed by atoms with Crippen molar-refractivity contribution in [2.45, 2.75) is 39.2 Å². The Labute approximate surface area is 130 Å². The average molecular weight is 308 g/mol. The van der Waals surface area contributed by atoms with Crippen LogP contribution in [0, 0.1) is 13.8 Å². The molecule has 22 heavy (non-hydrogen) atoms. The van der Waals surface area contributed by atoms with Crippen molar-refractivity contribution in [1.82, 2.24) is 10.2 Å². The minimum atomic E-state index is -0.120. The first kappa shape index (κ1) is 16.5. The van der Waals surface area contributed by atoms with Gasteiger partial charge in [-0.1, -0.05) is 0 Å². The quantitative estimate of drug-likeness (QED) is 0.792. The molecule has 2 amide bonds. The van der Waals surface area contributed by atoms with Crippen molar-refractivity contribution in [3.05, 3.63) is 23.2 Å². The number of ether oxygens (including phenoxy) is 1. The number of furan rings is 1. The van der Waals surface area contributed by atoms with Gasteiger partial charge >= 0.3 is 0 Å². The van der Waals surface area contributed by atoms with Gasteiger partial charge in [0.1, 0.15) is 11.5 Å². The fourth-order valence-corrected chi connectivity index (χ4v) is 2.29. The van der Waals surface area contributed by atoms with Crippen molar-refractivity contribution in [1.29, 1.82) is 0 Å². The summed E-state index contributed by atoms with van der Waals surface area (Å²) in [7, 11) is 1.59. The molecule has 0 aliphatic heterocycles. The fourth-order valence-electron chi connectivity index (χ4n) is 2.29. The summed E-state index contributed by atoms with van der Waals surface area (Å²) in [4.78, 5) is 26.1. The first-order chi connectivity index (χ1) is 10.5. The van der Waals surface area contributed by atoms with Crippen LogP contribution < -0.4 is 5.32 Å². The average Bonchev–Trinajstić information content (AvgIpc) is 3.21. The summed E-state index contributed by atoms with van der Waals surface area (Å²) < 4.78 is 10.5. The Hall–Kier alpha value is -1.82. The number of methoxy groups -OCH3 is 1. The summed E-state index contributed by atoms with van der Waals surface area (Å²) in [5.41, 5.74) is 0.552. The molecular weight excluding hydrogens is 284 g/mol. The highest BCUT2D eigenvalue weighted by Crippen LogP contribution is 2.19. The van der Waals surface area contributed by atoms with Crippen LogP contribution >= 0.6 is 0 Å². The van der Waals surface area contributed by atoms with Gasteiger partial charge in [-0.15, -0.1) is 0 Å². The van der Waals surface area contributed by atoms with Crippen molar-refractivity contribution in [3.63, 3.8) is 0 Å². The molecule has 1 fully saturated rings. The van der Waals surface area contributed by atoms with Crippen LogP contribution in [0.25, 0.3) is 0 Å². The van der Waals surface area contributed by atoms with E-state index in [0.717, 1.165) is 12.8 Å². The third-order valence-corrected chi connectivity index (χ3v) is 3.68. The molecular formula is C16H24N2O4. The van der Waals surface area contributed by atoms with Gasteiger partial charge in [0, 0.05) is 32.7 Å². The lowest BCUT2D eigenvalue weighted by Gasteiger charge is -2.22. The van der Waals surface area contributed by atoms with Gasteiger partial charge in [0.25, 0.3) is 5.91 Å². The van der Waals surface area contributed by atoms with Gasteiger partial charge in [0.05, 0.1) is 12.2 Å². The van der Waals surface area contributed by atoms with Crippen molar-refractivity contribution in [2.24, 2.45) is 0 Å². The zero-order chi connectivity index (χ0) is 16.1. The predicted octanol–water partition coefficient (Wildman–Crippen LogP) is 1.65. The van der Waals surface area contributed by atoms with E-state index in [2.05, 4.69) is 5.32 Å². The molecule has 0 saturated heterocycles. The van der Waals surface area contributed by atoms with E-state index < -0.39 is 0 Å². The Morgan fingerprint density at radius 2 is 2.09 bits per heavy atom. The first-order valence-corrected chi connectivity index (χ1v) is 7.66. The smallest absolute Gasteiger partial charge is 0.257 e. The minimum absolute atomic E-state index is 0.00203. The largest absolute Gasteiger partial charge is 0.466 e. The molecule has 2 rings (SSSR count). The van der Waals surface area contributed by atoms with Gasteiger partial charge in [-0.25, -0.2) is 0 Å². The van der Waals surface area contributed by atoms with Crippen molar-refractivity contribution in [2.75, 3.05) is 26.8 Å². The molecule has 122 valence electrons. The van der Waals surface area contributed by atoms with Crippen LogP contribution in [0.3, 0.4) is 0 Å². The zero-order valence-electron chi connectivity index (χ0n) is 13.5. The standard InChI is InChI=1S/C16H24N2O4/c1-11-10-14(12(2)22-11)16(20)18(8-9-21-3)7-6-15(19)17-13-4-5-13/h10,13H,4-9H2,1-3H3,(H,17,19). The van der Waals surface area contributed by atoms with E-state index in [1.54, 1.807) is 25.0 Å². The maximum Gasteiger partial charge on any atom is 0.257 e. The minimum Gasteiger partial charge on any atom is -0.466 e. The van der Waals surface area contributed by atoms with E-state index in [1.165, 1.54) is 0 Å². The molecule has 1 N–H and O–H groups in total. The highest BCUT2D eigenvalue weighted by molar-refractivity contribution is 5.95. The molecule has 0 aromatic carbocycles. The highest BCUT2D eigenvalue weighted by atomic mass is 16.5. The van der Waals surface area contributed by atoms with Gasteiger partial charge < -0.3 is 19.4 Å². The van der Waals surface area contributed by atoms with Crippen molar-refractivity contribution in [3.8, 4) is 0 Å². The van der Waals surface area contributed by atoms with E-state index in [4.69, 9.17) is 9.15 Å². The topological polar surface area (TPSA) is 71.8 Å². The number of aryl methyl sites for hydroxylation is 2. The van der Waals surface area contributed by atoms with Crippen LogP contribution in [0.1, 0.15) is 41.1 Å². The summed E-state index contributed by atoms with van der Waals surface area (Å²) in [6.07, 6.45) is 2.43. The van der Waals surface area contributed by atoms with Gasteiger partial charge in [-0.3, -0.25) is 9.59 Å². The maximum atomic E-state index is 12.6. The Kier molecular flexibility index (Phi) is 5.60. The molecule has 6 nitrogen and oxygen atoms in total. The van der Waals surface area contributed by atoms with Gasteiger partial charge in [-0.05, 0) is 32.8 Å². The van der Waals surface area contributed by atoms with Crippen molar-refractivity contribution < 1.29 is 18.7 Å². The zero-order valence-corrected chi connectivity index (χ0v) is 13.5. The Balaban J connectivity index is 1.96. The van der Waals surface area contributed by atoms with E-state index >= 15 is 0 Å². The van der Waals surface area contributed by atoms with Crippen LogP contribution in [0.4, 0.5) is 0 Å². The summed E-state index contributed by atoms with van der Waals surface area (Å²) in [6.45, 7) is 4.85. The number of carbonyl (C=O) groups excluding carboxylic acids is 2. The van der Waals surface area contributed by atoms with E-state index in [0.29, 0.717) is 49.2 Å². The molecule has 1 aliphatic rings. The third kappa shape index (κ3) is 4.59. The molecule has 1 heterocycles. The van der Waals surface area contributed by atoms with Crippen LogP contribution in [0.5, 0.6) is 0 Å². The molecule has 0 atom stereocenters. The Bertz CT molecular complexity index is 534. The number of carbonyl (C=O) groups is 2. The van der Waals surface area contributed by atoms with Crippen LogP contribution in [-0.2, 0) is 9.53 Å². The van der Waals surface area contributed by atoms with E-state index in [9.17, 15) is 9.59 Å². The normalized spacial score (nSPS) is 14.0.